The van der Waals surface area contributed by atoms with Gasteiger partial charge >= 0.3 is 0 Å². The summed E-state index contributed by atoms with van der Waals surface area (Å²) in [5, 5.41) is 7.35. The molecule has 7 heteroatoms. The lowest BCUT2D eigenvalue weighted by Crippen LogP contribution is -2.23. The number of hydrogen-bond acceptors (Lipinski definition) is 4. The molecule has 0 fully saturated rings. The van der Waals surface area contributed by atoms with Crippen molar-refractivity contribution < 1.29 is 8.42 Å². The minimum Gasteiger partial charge on any atom is -0.352 e. The maximum absolute atomic E-state index is 12.3. The molecule has 1 N–H and O–H groups in total. The highest BCUT2D eigenvalue weighted by Crippen LogP contribution is 2.26. The molecule has 6 nitrogen and oxygen atoms in total. The quantitative estimate of drug-likeness (QED) is 0.921. The fraction of sp³-hybridized carbons (Fsp3) is 0.357. The smallest absolute Gasteiger partial charge is 0.244 e. The molecular formula is C14H20N4O2S. The van der Waals surface area contributed by atoms with E-state index in [1.165, 1.54) is 18.4 Å². The van der Waals surface area contributed by atoms with Gasteiger partial charge in [0.1, 0.15) is 4.90 Å². The van der Waals surface area contributed by atoms with E-state index in [2.05, 4.69) is 10.4 Å². The molecule has 0 atom stereocenters. The van der Waals surface area contributed by atoms with Crippen molar-refractivity contribution in [2.75, 3.05) is 19.4 Å². The van der Waals surface area contributed by atoms with Crippen molar-refractivity contribution in [3.8, 4) is 0 Å². The van der Waals surface area contributed by atoms with Gasteiger partial charge in [0, 0.05) is 26.3 Å². The first-order chi connectivity index (χ1) is 9.82. The second kappa shape index (κ2) is 5.87. The van der Waals surface area contributed by atoms with E-state index < -0.39 is 10.0 Å². The molecular weight excluding hydrogens is 288 g/mol. The van der Waals surface area contributed by atoms with E-state index in [1.807, 2.05) is 24.7 Å². The first-order valence-corrected chi connectivity index (χ1v) is 8.09. The van der Waals surface area contributed by atoms with Crippen molar-refractivity contribution in [1.82, 2.24) is 14.1 Å². The van der Waals surface area contributed by atoms with Gasteiger partial charge in [0.2, 0.25) is 10.0 Å². The second-order valence-corrected chi connectivity index (χ2v) is 7.33. The van der Waals surface area contributed by atoms with Crippen LogP contribution in [0.1, 0.15) is 19.9 Å². The Bertz CT molecular complexity index is 720. The first kappa shape index (κ1) is 15.5. The molecule has 0 saturated heterocycles. The molecule has 0 aliphatic rings. The van der Waals surface area contributed by atoms with Crippen LogP contribution >= 0.6 is 0 Å². The fourth-order valence-corrected chi connectivity index (χ4v) is 2.87. The van der Waals surface area contributed by atoms with Crippen molar-refractivity contribution >= 4 is 21.4 Å². The number of nitrogens with one attached hydrogen (secondary N) is 1. The molecule has 0 spiro atoms. The van der Waals surface area contributed by atoms with Gasteiger partial charge in [0.15, 0.2) is 0 Å². The normalized spacial score (nSPS) is 12.1. The Balaban J connectivity index is 2.37. The molecule has 2 rings (SSSR count). The zero-order chi connectivity index (χ0) is 15.6. The molecule has 0 unspecified atom stereocenters. The molecule has 0 radical (unpaired) electrons. The third-order valence-corrected chi connectivity index (χ3v) is 4.93. The van der Waals surface area contributed by atoms with Gasteiger partial charge in [-0.3, -0.25) is 4.68 Å². The number of anilines is 2. The third kappa shape index (κ3) is 3.25. The van der Waals surface area contributed by atoms with Gasteiger partial charge < -0.3 is 5.32 Å². The van der Waals surface area contributed by atoms with Gasteiger partial charge in [-0.1, -0.05) is 12.1 Å². The largest absolute Gasteiger partial charge is 0.352 e. The highest BCUT2D eigenvalue weighted by atomic mass is 32.2. The molecule has 21 heavy (non-hydrogen) atoms. The molecule has 1 aromatic carbocycles. The molecule has 2 aromatic rings. The van der Waals surface area contributed by atoms with E-state index in [-0.39, 0.29) is 10.9 Å². The molecule has 0 amide bonds. The summed E-state index contributed by atoms with van der Waals surface area (Å²) in [6.07, 6.45) is 3.53. The topological polar surface area (TPSA) is 67.2 Å². The summed E-state index contributed by atoms with van der Waals surface area (Å²) >= 11 is 0. The average Bonchev–Trinajstić information content (AvgIpc) is 2.87. The number of sulfonamides is 1. The highest BCUT2D eigenvalue weighted by molar-refractivity contribution is 7.89. The Hall–Kier alpha value is -1.86. The van der Waals surface area contributed by atoms with Crippen LogP contribution in [0.4, 0.5) is 11.4 Å². The van der Waals surface area contributed by atoms with Crippen LogP contribution in [0.15, 0.2) is 41.6 Å². The fourth-order valence-electron chi connectivity index (χ4n) is 1.83. The summed E-state index contributed by atoms with van der Waals surface area (Å²) in [5.74, 6) is 0. The van der Waals surface area contributed by atoms with Gasteiger partial charge in [-0.25, -0.2) is 12.7 Å². The zero-order valence-electron chi connectivity index (χ0n) is 12.6. The van der Waals surface area contributed by atoms with Gasteiger partial charge in [-0.05, 0) is 26.0 Å². The number of hydrogen-bond donors (Lipinski definition) is 1. The van der Waals surface area contributed by atoms with E-state index in [0.29, 0.717) is 5.69 Å². The van der Waals surface area contributed by atoms with Crippen LogP contribution in [-0.4, -0.2) is 36.6 Å². The van der Waals surface area contributed by atoms with E-state index in [0.717, 1.165) is 5.69 Å². The van der Waals surface area contributed by atoms with Gasteiger partial charge in [0.25, 0.3) is 0 Å². The van der Waals surface area contributed by atoms with Crippen LogP contribution in [0.3, 0.4) is 0 Å². The van der Waals surface area contributed by atoms with Gasteiger partial charge in [-0.2, -0.15) is 5.10 Å². The number of nitrogens with zero attached hydrogens (tertiary/aromatic N) is 3. The summed E-state index contributed by atoms with van der Waals surface area (Å²) in [4.78, 5) is 0.243. The molecule has 1 aromatic heterocycles. The average molecular weight is 308 g/mol. The Morgan fingerprint density at radius 3 is 2.48 bits per heavy atom. The summed E-state index contributed by atoms with van der Waals surface area (Å²) in [7, 11) is -0.460. The molecule has 1 heterocycles. The second-order valence-electron chi connectivity index (χ2n) is 5.21. The summed E-state index contributed by atoms with van der Waals surface area (Å²) < 4.78 is 27.7. The summed E-state index contributed by atoms with van der Waals surface area (Å²) in [5.41, 5.74) is 1.29. The predicted octanol–water partition coefficient (Wildman–Crippen LogP) is 2.46. The van der Waals surface area contributed by atoms with Crippen LogP contribution < -0.4 is 5.32 Å². The van der Waals surface area contributed by atoms with Crippen molar-refractivity contribution in [3.63, 3.8) is 0 Å². The van der Waals surface area contributed by atoms with Crippen LogP contribution in [0, 0.1) is 0 Å². The predicted molar refractivity (Wildman–Crippen MR) is 83.2 cm³/mol. The SMILES string of the molecule is CC(C)n1cc(Nc2ccccc2S(=O)(=O)N(C)C)cn1. The minimum atomic E-state index is -3.49. The summed E-state index contributed by atoms with van der Waals surface area (Å²) in [6, 6.07) is 7.08. The van der Waals surface area contributed by atoms with Crippen LogP contribution in [0.25, 0.3) is 0 Å². The highest BCUT2D eigenvalue weighted by Gasteiger charge is 2.21. The lowest BCUT2D eigenvalue weighted by atomic mass is 10.3. The molecule has 0 aliphatic heterocycles. The molecule has 114 valence electrons. The molecule has 0 bridgehead atoms. The first-order valence-electron chi connectivity index (χ1n) is 6.65. The lowest BCUT2D eigenvalue weighted by molar-refractivity contribution is 0.521. The lowest BCUT2D eigenvalue weighted by Gasteiger charge is -2.15. The number of rotatable bonds is 5. The van der Waals surface area contributed by atoms with Crippen LogP contribution in [0.5, 0.6) is 0 Å². The maximum atomic E-state index is 12.3. The summed E-state index contributed by atoms with van der Waals surface area (Å²) in [6.45, 7) is 4.06. The Labute approximate surface area is 125 Å². The van der Waals surface area contributed by atoms with E-state index in [1.54, 1.807) is 30.5 Å². The van der Waals surface area contributed by atoms with Gasteiger partial charge in [-0.15, -0.1) is 0 Å². The van der Waals surface area contributed by atoms with Crippen molar-refractivity contribution in [1.29, 1.82) is 0 Å². The Morgan fingerprint density at radius 2 is 1.90 bits per heavy atom. The third-order valence-electron chi connectivity index (χ3n) is 3.06. The molecule has 0 aliphatic carbocycles. The minimum absolute atomic E-state index is 0.243. The monoisotopic (exact) mass is 308 g/mol. The maximum Gasteiger partial charge on any atom is 0.244 e. The van der Waals surface area contributed by atoms with Crippen LogP contribution in [0.2, 0.25) is 0 Å². The van der Waals surface area contributed by atoms with E-state index in [9.17, 15) is 8.42 Å². The van der Waals surface area contributed by atoms with Crippen molar-refractivity contribution in [2.45, 2.75) is 24.8 Å². The number of aromatic nitrogens is 2. The standard InChI is InChI=1S/C14H20N4O2S/c1-11(2)18-10-12(9-15-18)16-13-7-5-6-8-14(13)21(19,20)17(3)4/h5-11,16H,1-4H3. The number of para-hydroxylation sites is 1. The van der Waals surface area contributed by atoms with Crippen molar-refractivity contribution in [3.05, 3.63) is 36.7 Å². The van der Waals surface area contributed by atoms with Crippen LogP contribution in [-0.2, 0) is 10.0 Å². The molecule has 0 saturated carbocycles. The number of benzene rings is 1. The van der Waals surface area contributed by atoms with Gasteiger partial charge in [0.05, 0.1) is 17.6 Å². The zero-order valence-corrected chi connectivity index (χ0v) is 13.4. The Morgan fingerprint density at radius 1 is 1.24 bits per heavy atom. The van der Waals surface area contributed by atoms with Crippen molar-refractivity contribution in [2.24, 2.45) is 0 Å². The Kier molecular flexibility index (Phi) is 4.34. The van der Waals surface area contributed by atoms with E-state index >= 15 is 0 Å². The van der Waals surface area contributed by atoms with E-state index in [4.69, 9.17) is 0 Å².